The Bertz CT molecular complexity index is 1270. The summed E-state index contributed by atoms with van der Waals surface area (Å²) in [5.74, 6) is -2.15. The van der Waals surface area contributed by atoms with Crippen LogP contribution in [0.25, 0.3) is 11.1 Å². The van der Waals surface area contributed by atoms with Gasteiger partial charge in [0.2, 0.25) is 5.91 Å². The molecule has 1 aliphatic carbocycles. The number of carbonyl (C=O) groups excluding carboxylic acids is 2. The number of alkyl halides is 3. The van der Waals surface area contributed by atoms with Gasteiger partial charge in [-0.15, -0.1) is 11.3 Å². The summed E-state index contributed by atoms with van der Waals surface area (Å²) in [6.07, 6.45) is -1.78. The van der Waals surface area contributed by atoms with E-state index in [1.807, 2.05) is 35.7 Å². The highest BCUT2D eigenvalue weighted by molar-refractivity contribution is 7.12. The van der Waals surface area contributed by atoms with Crippen LogP contribution in [0.3, 0.4) is 0 Å². The van der Waals surface area contributed by atoms with E-state index in [2.05, 4.69) is 5.32 Å². The minimum atomic E-state index is -4.65. The molecule has 4 rings (SSSR count). The normalized spacial score (nSPS) is 17.1. The lowest BCUT2D eigenvalue weighted by Crippen LogP contribution is -2.28. The Balaban J connectivity index is 0.00000127. The number of hydrogen-bond donors (Lipinski definition) is 2. The number of benzene rings is 2. The molecule has 0 radical (unpaired) electrons. The fourth-order valence-corrected chi connectivity index (χ4v) is 5.31. The Morgan fingerprint density at radius 1 is 1.11 bits per heavy atom. The molecule has 202 valence electrons. The molecule has 1 aliphatic rings. The number of anilines is 1. The average molecular weight is 552 g/mol. The van der Waals surface area contributed by atoms with Crippen LogP contribution in [0.2, 0.25) is 0 Å². The molecule has 3 aromatic rings. The second-order valence-electron chi connectivity index (χ2n) is 8.62. The van der Waals surface area contributed by atoms with Crippen LogP contribution in [-0.2, 0) is 20.5 Å². The summed E-state index contributed by atoms with van der Waals surface area (Å²) in [6.45, 7) is -0.250. The summed E-state index contributed by atoms with van der Waals surface area (Å²) in [4.78, 5) is 33.6. The fraction of sp³-hybridized carbons (Fsp3) is 0.296. The SMILES string of the molecule is COC(=O)c1sccc1-c1ccc(C2CCCC(C(=O)Nc3ccc(C(F)(F)F)cc3F)C2)cc1.O=CO. The lowest BCUT2D eigenvalue weighted by Gasteiger charge is -2.29. The molecule has 0 aliphatic heterocycles. The Morgan fingerprint density at radius 3 is 2.39 bits per heavy atom. The number of hydrogen-bond acceptors (Lipinski definition) is 5. The highest BCUT2D eigenvalue weighted by atomic mass is 32.1. The van der Waals surface area contributed by atoms with Crippen molar-refractivity contribution in [3.8, 4) is 11.1 Å². The number of ether oxygens (including phenoxy) is 1. The molecule has 2 aromatic carbocycles. The molecule has 0 bridgehead atoms. The molecule has 1 heterocycles. The predicted molar refractivity (Wildman–Crippen MR) is 135 cm³/mol. The highest BCUT2D eigenvalue weighted by Crippen LogP contribution is 2.38. The van der Waals surface area contributed by atoms with Gasteiger partial charge in [-0.25, -0.2) is 9.18 Å². The van der Waals surface area contributed by atoms with Gasteiger partial charge in [-0.05, 0) is 66.0 Å². The largest absolute Gasteiger partial charge is 0.483 e. The van der Waals surface area contributed by atoms with Crippen LogP contribution in [-0.4, -0.2) is 30.6 Å². The molecule has 0 spiro atoms. The van der Waals surface area contributed by atoms with Gasteiger partial charge in [0.15, 0.2) is 0 Å². The third kappa shape index (κ3) is 6.97. The first-order valence-electron chi connectivity index (χ1n) is 11.6. The van der Waals surface area contributed by atoms with Crippen molar-refractivity contribution in [3.63, 3.8) is 0 Å². The molecule has 38 heavy (non-hydrogen) atoms. The van der Waals surface area contributed by atoms with E-state index in [-0.39, 0.29) is 30.0 Å². The van der Waals surface area contributed by atoms with E-state index in [0.29, 0.717) is 23.8 Å². The van der Waals surface area contributed by atoms with Gasteiger partial charge < -0.3 is 15.2 Å². The van der Waals surface area contributed by atoms with Crippen molar-refractivity contribution in [3.05, 3.63) is 75.7 Å². The van der Waals surface area contributed by atoms with Crippen molar-refractivity contribution in [2.75, 3.05) is 12.4 Å². The van der Waals surface area contributed by atoms with Gasteiger partial charge in [0.1, 0.15) is 10.7 Å². The predicted octanol–water partition coefficient (Wildman–Crippen LogP) is 6.97. The lowest BCUT2D eigenvalue weighted by atomic mass is 9.77. The Hall–Kier alpha value is -3.73. The number of nitrogens with one attached hydrogen (secondary N) is 1. The number of esters is 1. The first kappa shape index (κ1) is 28.8. The fourth-order valence-electron chi connectivity index (χ4n) is 4.48. The third-order valence-electron chi connectivity index (χ3n) is 6.33. The van der Waals surface area contributed by atoms with Gasteiger partial charge in [-0.3, -0.25) is 9.59 Å². The van der Waals surface area contributed by atoms with Crippen LogP contribution >= 0.6 is 11.3 Å². The van der Waals surface area contributed by atoms with Crippen molar-refractivity contribution in [2.24, 2.45) is 5.92 Å². The van der Waals surface area contributed by atoms with Gasteiger partial charge in [-0.2, -0.15) is 13.2 Å². The number of carboxylic acid groups (broad SMARTS) is 1. The van der Waals surface area contributed by atoms with Gasteiger partial charge >= 0.3 is 12.1 Å². The average Bonchev–Trinajstić information content (AvgIpc) is 3.39. The van der Waals surface area contributed by atoms with Gasteiger partial charge in [0.25, 0.3) is 6.47 Å². The zero-order chi connectivity index (χ0) is 27.9. The number of thiophene rings is 1. The smallest absolute Gasteiger partial charge is 0.416 e. The van der Waals surface area contributed by atoms with Crippen LogP contribution in [0.1, 0.15) is 52.4 Å². The molecule has 2 atom stereocenters. The summed E-state index contributed by atoms with van der Waals surface area (Å²) in [5, 5.41) is 11.2. The van der Waals surface area contributed by atoms with Crippen LogP contribution in [0, 0.1) is 11.7 Å². The molecule has 6 nitrogen and oxygen atoms in total. The molecule has 2 N–H and O–H groups in total. The van der Waals surface area contributed by atoms with E-state index in [1.165, 1.54) is 18.4 Å². The molecule has 11 heteroatoms. The Kier molecular flexibility index (Phi) is 9.62. The summed E-state index contributed by atoms with van der Waals surface area (Å²) < 4.78 is 57.3. The molecule has 1 fully saturated rings. The van der Waals surface area contributed by atoms with Crippen molar-refractivity contribution in [1.82, 2.24) is 0 Å². The third-order valence-corrected chi connectivity index (χ3v) is 7.22. The van der Waals surface area contributed by atoms with Crippen LogP contribution in [0.4, 0.5) is 23.2 Å². The highest BCUT2D eigenvalue weighted by Gasteiger charge is 2.32. The van der Waals surface area contributed by atoms with E-state index < -0.39 is 23.5 Å². The van der Waals surface area contributed by atoms with Crippen LogP contribution in [0.15, 0.2) is 53.9 Å². The van der Waals surface area contributed by atoms with E-state index >= 15 is 0 Å². The van der Waals surface area contributed by atoms with Gasteiger partial charge in [-0.1, -0.05) is 30.7 Å². The second-order valence-corrected chi connectivity index (χ2v) is 9.54. The van der Waals surface area contributed by atoms with E-state index in [0.717, 1.165) is 41.7 Å². The maximum absolute atomic E-state index is 14.2. The van der Waals surface area contributed by atoms with E-state index in [4.69, 9.17) is 14.6 Å². The van der Waals surface area contributed by atoms with Crippen molar-refractivity contribution in [1.29, 1.82) is 0 Å². The van der Waals surface area contributed by atoms with Gasteiger partial charge in [0.05, 0.1) is 18.4 Å². The zero-order valence-electron chi connectivity index (χ0n) is 20.3. The molecule has 0 saturated heterocycles. The number of methoxy groups -OCH3 is 1. The summed E-state index contributed by atoms with van der Waals surface area (Å²) >= 11 is 1.31. The number of amides is 1. The quantitative estimate of drug-likeness (QED) is 0.203. The minimum absolute atomic E-state index is 0.119. The molecule has 1 amide bonds. The molecule has 2 unspecified atom stereocenters. The molecule has 1 aromatic heterocycles. The van der Waals surface area contributed by atoms with Crippen molar-refractivity contribution in [2.45, 2.75) is 37.8 Å². The number of rotatable bonds is 5. The van der Waals surface area contributed by atoms with E-state index in [9.17, 15) is 27.2 Å². The van der Waals surface area contributed by atoms with Crippen molar-refractivity contribution >= 4 is 35.4 Å². The summed E-state index contributed by atoms with van der Waals surface area (Å²) in [7, 11) is 1.34. The monoisotopic (exact) mass is 551 g/mol. The molecule has 1 saturated carbocycles. The molecular weight excluding hydrogens is 526 g/mol. The maximum atomic E-state index is 14.2. The van der Waals surface area contributed by atoms with Crippen molar-refractivity contribution < 1.29 is 41.8 Å². The minimum Gasteiger partial charge on any atom is -0.483 e. The maximum Gasteiger partial charge on any atom is 0.416 e. The Labute approximate surface area is 220 Å². The van der Waals surface area contributed by atoms with E-state index in [1.54, 1.807) is 0 Å². The van der Waals surface area contributed by atoms with Crippen LogP contribution < -0.4 is 5.32 Å². The molecular formula is C27H25F4NO5S. The first-order valence-corrected chi connectivity index (χ1v) is 12.5. The first-order chi connectivity index (χ1) is 18.1. The zero-order valence-corrected chi connectivity index (χ0v) is 21.1. The second kappa shape index (κ2) is 12.7. The number of halogens is 4. The lowest BCUT2D eigenvalue weighted by molar-refractivity contribution is -0.137. The number of carbonyl (C=O) groups is 3. The van der Waals surface area contributed by atoms with Gasteiger partial charge in [0, 0.05) is 11.5 Å². The summed E-state index contributed by atoms with van der Waals surface area (Å²) in [5.41, 5.74) is 1.38. The summed E-state index contributed by atoms with van der Waals surface area (Å²) in [6, 6.07) is 11.8. The van der Waals surface area contributed by atoms with Crippen LogP contribution in [0.5, 0.6) is 0 Å². The standard InChI is InChI=1S/C26H23F4NO3S.CH2O2/c1-34-25(33)23-20(11-12-35-23)16-7-5-15(6-8-16)17-3-2-4-18(13-17)24(32)31-22-10-9-19(14-21(22)27)26(28,29)30;2-1-3/h5-12,14,17-18H,2-4,13H2,1H3,(H,31,32);1H,(H,2,3). The topological polar surface area (TPSA) is 92.7 Å². The Morgan fingerprint density at radius 2 is 1.79 bits per heavy atom.